The molecule has 0 aliphatic rings. The predicted octanol–water partition coefficient (Wildman–Crippen LogP) is 1.53. The van der Waals surface area contributed by atoms with Crippen LogP contribution in [0.2, 0.25) is 0 Å². The summed E-state index contributed by atoms with van der Waals surface area (Å²) in [4.78, 5) is 22.5. The molecule has 16 heavy (non-hydrogen) atoms. The van der Waals surface area contributed by atoms with Gasteiger partial charge in [0.05, 0.1) is 23.9 Å². The maximum absolute atomic E-state index is 11.0. The number of methoxy groups -OCH3 is 1. The molecule has 0 fully saturated rings. The molecule has 0 atom stereocenters. The molecule has 0 amide bonds. The first kappa shape index (κ1) is 10.9. The van der Waals surface area contributed by atoms with Crippen LogP contribution < -0.4 is 0 Å². The predicted molar refractivity (Wildman–Crippen MR) is 61.4 cm³/mol. The fourth-order valence-electron chi connectivity index (χ4n) is 1.34. The third-order valence-corrected chi connectivity index (χ3v) is 3.03. The Morgan fingerprint density at radius 2 is 2.38 bits per heavy atom. The van der Waals surface area contributed by atoms with Crippen LogP contribution in [0.5, 0.6) is 0 Å². The van der Waals surface area contributed by atoms with Gasteiger partial charge in [0, 0.05) is 5.69 Å². The number of nitrogens with one attached hydrogen (secondary N) is 1. The lowest BCUT2D eigenvalue weighted by Gasteiger charge is -2.00. The molecule has 0 bridgehead atoms. The first-order chi connectivity index (χ1) is 7.70. The van der Waals surface area contributed by atoms with E-state index in [1.165, 1.54) is 25.2 Å². The summed E-state index contributed by atoms with van der Waals surface area (Å²) in [6.07, 6.45) is 1.50. The van der Waals surface area contributed by atoms with Crippen molar-refractivity contribution in [2.75, 3.05) is 12.9 Å². The molecule has 0 saturated carbocycles. The van der Waals surface area contributed by atoms with Crippen molar-refractivity contribution in [3.63, 3.8) is 0 Å². The van der Waals surface area contributed by atoms with Gasteiger partial charge < -0.3 is 9.72 Å². The van der Waals surface area contributed by atoms with Crippen LogP contribution >= 0.6 is 11.8 Å². The van der Waals surface area contributed by atoms with Crippen LogP contribution in [0.15, 0.2) is 17.4 Å². The lowest BCUT2D eigenvalue weighted by atomic mass is 10.4. The van der Waals surface area contributed by atoms with Crippen molar-refractivity contribution < 1.29 is 9.53 Å². The highest BCUT2D eigenvalue weighted by Crippen LogP contribution is 2.24. The van der Waals surface area contributed by atoms with Crippen molar-refractivity contribution in [3.05, 3.63) is 18.1 Å². The molecule has 0 aliphatic carbocycles. The Hall–Kier alpha value is -1.56. The zero-order chi connectivity index (χ0) is 11.5. The number of aromatic amines is 1. The van der Waals surface area contributed by atoms with Gasteiger partial charge in [0.15, 0.2) is 0 Å². The van der Waals surface area contributed by atoms with E-state index in [9.17, 15) is 4.79 Å². The minimum absolute atomic E-state index is 0.251. The van der Waals surface area contributed by atoms with Crippen LogP contribution in [-0.4, -0.2) is 33.8 Å². The Bertz CT molecular complexity index is 524. The number of ether oxygens (including phenoxy) is 1. The Kier molecular flexibility index (Phi) is 3.09. The number of thioether (sulfide) groups is 1. The largest absolute Gasteiger partial charge is 0.468 e. The number of carbonyl (C=O) groups excluding carboxylic acids is 1. The number of hydrogen-bond donors (Lipinski definition) is 1. The molecule has 5 nitrogen and oxygen atoms in total. The maximum Gasteiger partial charge on any atom is 0.316 e. The Morgan fingerprint density at radius 3 is 3.12 bits per heavy atom. The fourth-order valence-corrected chi connectivity index (χ4v) is 2.14. The van der Waals surface area contributed by atoms with Crippen molar-refractivity contribution in [3.8, 4) is 0 Å². The summed E-state index contributed by atoms with van der Waals surface area (Å²) < 4.78 is 4.58. The van der Waals surface area contributed by atoms with Crippen LogP contribution in [-0.2, 0) is 9.53 Å². The Morgan fingerprint density at radius 1 is 1.56 bits per heavy atom. The minimum Gasteiger partial charge on any atom is -0.468 e. The third kappa shape index (κ3) is 2.16. The first-order valence-electron chi connectivity index (χ1n) is 4.70. The standard InChI is InChI=1S/C10H11N3O2S/c1-6-3-7-9(13-6)10(12-5-11-7)16-4-8(14)15-2/h3,5,13H,4H2,1-2H3. The van der Waals surface area contributed by atoms with Gasteiger partial charge in [-0.15, -0.1) is 0 Å². The van der Waals surface area contributed by atoms with Crippen LogP contribution in [0.4, 0.5) is 0 Å². The summed E-state index contributed by atoms with van der Waals surface area (Å²) in [5.74, 6) is -0.0132. The van der Waals surface area contributed by atoms with Crippen molar-refractivity contribution in [2.24, 2.45) is 0 Å². The maximum atomic E-state index is 11.0. The normalized spacial score (nSPS) is 10.6. The van der Waals surface area contributed by atoms with Crippen LogP contribution in [0, 0.1) is 6.92 Å². The number of aryl methyl sites for hydroxylation is 1. The molecule has 0 spiro atoms. The average molecular weight is 237 g/mol. The number of hydrogen-bond acceptors (Lipinski definition) is 5. The molecule has 0 saturated heterocycles. The second-order valence-corrected chi connectivity index (χ2v) is 4.22. The molecule has 2 aromatic heterocycles. The number of carbonyl (C=O) groups is 1. The van der Waals surface area contributed by atoms with E-state index in [0.717, 1.165) is 21.8 Å². The van der Waals surface area contributed by atoms with Gasteiger partial charge in [-0.25, -0.2) is 9.97 Å². The number of aromatic nitrogens is 3. The van der Waals surface area contributed by atoms with Crippen molar-refractivity contribution >= 4 is 28.8 Å². The molecule has 0 radical (unpaired) electrons. The fraction of sp³-hybridized carbons (Fsp3) is 0.300. The number of H-pyrrole nitrogens is 1. The van der Waals surface area contributed by atoms with Gasteiger partial charge in [0.2, 0.25) is 0 Å². The topological polar surface area (TPSA) is 67.9 Å². The van der Waals surface area contributed by atoms with Gasteiger partial charge in [-0.1, -0.05) is 11.8 Å². The summed E-state index contributed by atoms with van der Waals surface area (Å²) in [6.45, 7) is 1.95. The molecule has 6 heteroatoms. The number of rotatable bonds is 3. The molecular formula is C10H11N3O2S. The average Bonchev–Trinajstić information content (AvgIpc) is 2.66. The highest BCUT2D eigenvalue weighted by Gasteiger charge is 2.09. The number of esters is 1. The van der Waals surface area contributed by atoms with Gasteiger partial charge in [0.1, 0.15) is 11.4 Å². The smallest absolute Gasteiger partial charge is 0.316 e. The monoisotopic (exact) mass is 237 g/mol. The van der Waals surface area contributed by atoms with Gasteiger partial charge in [0.25, 0.3) is 0 Å². The Labute approximate surface area is 96.6 Å². The molecule has 2 heterocycles. The van der Waals surface area contributed by atoms with Crippen LogP contribution in [0.3, 0.4) is 0 Å². The van der Waals surface area contributed by atoms with Gasteiger partial charge in [-0.3, -0.25) is 4.79 Å². The zero-order valence-corrected chi connectivity index (χ0v) is 9.80. The third-order valence-electron chi connectivity index (χ3n) is 2.07. The summed E-state index contributed by atoms with van der Waals surface area (Å²) in [7, 11) is 1.37. The molecule has 2 rings (SSSR count). The zero-order valence-electron chi connectivity index (χ0n) is 8.98. The summed E-state index contributed by atoms with van der Waals surface area (Å²) in [6, 6.07) is 1.94. The summed E-state index contributed by atoms with van der Waals surface area (Å²) >= 11 is 1.34. The van der Waals surface area contributed by atoms with Crippen molar-refractivity contribution in [1.29, 1.82) is 0 Å². The van der Waals surface area contributed by atoms with Crippen molar-refractivity contribution in [1.82, 2.24) is 15.0 Å². The summed E-state index contributed by atoms with van der Waals surface area (Å²) in [5, 5.41) is 0.767. The molecule has 2 aromatic rings. The van der Waals surface area contributed by atoms with Crippen LogP contribution in [0.25, 0.3) is 11.0 Å². The molecule has 0 unspecified atom stereocenters. The summed E-state index contributed by atoms with van der Waals surface area (Å²) in [5.41, 5.74) is 2.75. The minimum atomic E-state index is -0.264. The first-order valence-corrected chi connectivity index (χ1v) is 5.69. The Balaban J connectivity index is 2.26. The highest BCUT2D eigenvalue weighted by molar-refractivity contribution is 8.00. The van der Waals surface area contributed by atoms with E-state index in [4.69, 9.17) is 0 Å². The van der Waals surface area contributed by atoms with E-state index in [0.29, 0.717) is 0 Å². The van der Waals surface area contributed by atoms with E-state index < -0.39 is 0 Å². The number of fused-ring (bicyclic) bond motifs is 1. The second kappa shape index (κ2) is 4.52. The molecule has 84 valence electrons. The molecule has 1 N–H and O–H groups in total. The SMILES string of the molecule is COC(=O)CSc1ncnc2cc(C)[nH]c12. The van der Waals surface area contributed by atoms with E-state index in [2.05, 4.69) is 19.7 Å². The van der Waals surface area contributed by atoms with Crippen molar-refractivity contribution in [2.45, 2.75) is 11.9 Å². The molecule has 0 aliphatic heterocycles. The van der Waals surface area contributed by atoms with Crippen LogP contribution in [0.1, 0.15) is 5.69 Å². The quantitative estimate of drug-likeness (QED) is 0.498. The van der Waals surface area contributed by atoms with Gasteiger partial charge >= 0.3 is 5.97 Å². The van der Waals surface area contributed by atoms with Gasteiger partial charge in [-0.2, -0.15) is 0 Å². The van der Waals surface area contributed by atoms with E-state index >= 15 is 0 Å². The lowest BCUT2D eigenvalue weighted by molar-refractivity contribution is -0.137. The number of nitrogens with zero attached hydrogens (tertiary/aromatic N) is 2. The van der Waals surface area contributed by atoms with E-state index in [1.807, 2.05) is 13.0 Å². The lowest BCUT2D eigenvalue weighted by Crippen LogP contribution is -2.03. The van der Waals surface area contributed by atoms with E-state index in [1.54, 1.807) is 0 Å². The molecular weight excluding hydrogens is 226 g/mol. The van der Waals surface area contributed by atoms with E-state index in [-0.39, 0.29) is 11.7 Å². The molecule has 0 aromatic carbocycles. The van der Waals surface area contributed by atoms with Gasteiger partial charge in [-0.05, 0) is 13.0 Å². The highest BCUT2D eigenvalue weighted by atomic mass is 32.2. The second-order valence-electron chi connectivity index (χ2n) is 3.26.